The number of carbonyl (C=O) groups is 1. The van der Waals surface area contributed by atoms with E-state index in [1.165, 1.54) is 12.1 Å². The van der Waals surface area contributed by atoms with Gasteiger partial charge in [-0.15, -0.1) is 13.2 Å². The van der Waals surface area contributed by atoms with Gasteiger partial charge in [-0.2, -0.15) is 17.9 Å². The van der Waals surface area contributed by atoms with Gasteiger partial charge in [-0.25, -0.2) is 4.39 Å². The molecule has 14 heteroatoms. The minimum absolute atomic E-state index is 0.169. The maximum absolute atomic E-state index is 14.8. The Balaban J connectivity index is 2.02. The van der Waals surface area contributed by atoms with Crippen LogP contribution >= 0.6 is 11.6 Å². The van der Waals surface area contributed by atoms with E-state index in [0.29, 0.717) is 18.2 Å². The highest BCUT2D eigenvalue weighted by atomic mass is 35.5. The van der Waals surface area contributed by atoms with Crippen molar-refractivity contribution < 1.29 is 49.7 Å². The van der Waals surface area contributed by atoms with Gasteiger partial charge in [0, 0.05) is 12.1 Å². The molecule has 0 unspecified atom stereocenters. The number of hydrogen-bond acceptors (Lipinski definition) is 4. The van der Waals surface area contributed by atoms with Gasteiger partial charge >= 0.3 is 12.5 Å². The second-order valence-corrected chi connectivity index (χ2v) is 6.85. The lowest BCUT2D eigenvalue weighted by Gasteiger charge is -2.17. The number of benzene rings is 2. The lowest BCUT2D eigenvalue weighted by Crippen LogP contribution is -2.26. The zero-order chi connectivity index (χ0) is 25.3. The van der Waals surface area contributed by atoms with Crippen LogP contribution in [0.25, 0.3) is 0 Å². The van der Waals surface area contributed by atoms with Gasteiger partial charge in [0.1, 0.15) is 28.5 Å². The molecule has 0 bridgehead atoms. The summed E-state index contributed by atoms with van der Waals surface area (Å²) < 4.78 is 101. The first kappa shape index (κ1) is 24.9. The van der Waals surface area contributed by atoms with Crippen molar-refractivity contribution in [3.8, 4) is 17.2 Å². The normalized spacial score (nSPS) is 11.8. The fourth-order valence-corrected chi connectivity index (χ4v) is 2.89. The Kier molecular flexibility index (Phi) is 6.77. The zero-order valence-electron chi connectivity index (χ0n) is 16.3. The van der Waals surface area contributed by atoms with E-state index < -0.39 is 57.7 Å². The van der Waals surface area contributed by atoms with Crippen LogP contribution in [0.2, 0.25) is 5.02 Å². The van der Waals surface area contributed by atoms with Crippen molar-refractivity contribution in [1.82, 2.24) is 0 Å². The first-order valence-corrected chi connectivity index (χ1v) is 9.25. The first-order chi connectivity index (χ1) is 15.7. The molecule has 0 saturated carbocycles. The molecule has 34 heavy (non-hydrogen) atoms. The Bertz CT molecular complexity index is 1230. The number of carbonyl (C=O) groups excluding carboxylic acids is 1. The van der Waals surface area contributed by atoms with Crippen molar-refractivity contribution in [1.29, 1.82) is 0 Å². The smallest absolute Gasteiger partial charge is 0.573 e. The highest BCUT2D eigenvalue weighted by Gasteiger charge is 2.37. The molecule has 1 aromatic heterocycles. The Hall–Kier alpha value is -3.74. The van der Waals surface area contributed by atoms with Gasteiger partial charge in [0.05, 0.1) is 10.6 Å². The summed E-state index contributed by atoms with van der Waals surface area (Å²) in [5, 5.41) is 12.9. The Labute approximate surface area is 190 Å². The maximum atomic E-state index is 14.8. The molecule has 0 atom stereocenters. The highest BCUT2D eigenvalue weighted by molar-refractivity contribution is 6.32. The molecule has 6 nitrogen and oxygen atoms in total. The first-order valence-electron chi connectivity index (χ1n) is 8.87. The standard InChI is InChI=1S/C20H10ClF7N2O4/c21-13-8-11(34-20(26,27)28)3-5-14(13)33-15-6-4-12(19(23,24)25)17(22)16(15)18(31)29-10-2-1-7-30(32)9-10/h1-9H,(H,29,31). The Morgan fingerprint density at radius 3 is 2.29 bits per heavy atom. The summed E-state index contributed by atoms with van der Waals surface area (Å²) in [6.07, 6.45) is -8.27. The number of ether oxygens (including phenoxy) is 2. The number of alkyl halides is 6. The van der Waals surface area contributed by atoms with Gasteiger partial charge in [-0.05, 0) is 30.3 Å². The van der Waals surface area contributed by atoms with E-state index in [9.17, 15) is 40.7 Å². The number of aromatic nitrogens is 1. The van der Waals surface area contributed by atoms with Gasteiger partial charge in [-0.3, -0.25) is 4.79 Å². The number of rotatable bonds is 5. The van der Waals surface area contributed by atoms with Crippen LogP contribution in [0.5, 0.6) is 17.2 Å². The summed E-state index contributed by atoms with van der Waals surface area (Å²) in [4.78, 5) is 12.6. The van der Waals surface area contributed by atoms with Crippen LogP contribution in [0.4, 0.5) is 36.4 Å². The second kappa shape index (κ2) is 9.25. The molecule has 3 aromatic rings. The molecule has 0 fully saturated rings. The molecule has 1 N–H and O–H groups in total. The third kappa shape index (κ3) is 5.98. The van der Waals surface area contributed by atoms with Crippen molar-refractivity contribution in [2.75, 3.05) is 5.32 Å². The number of anilines is 1. The average molecular weight is 511 g/mol. The molecule has 2 aromatic carbocycles. The quantitative estimate of drug-likeness (QED) is 0.257. The van der Waals surface area contributed by atoms with E-state index in [1.807, 2.05) is 0 Å². The van der Waals surface area contributed by atoms with E-state index in [0.717, 1.165) is 24.5 Å². The van der Waals surface area contributed by atoms with Crippen LogP contribution in [0.3, 0.4) is 0 Å². The van der Waals surface area contributed by atoms with Crippen LogP contribution in [0.15, 0.2) is 54.9 Å². The second-order valence-electron chi connectivity index (χ2n) is 6.45. The Morgan fingerprint density at radius 1 is 1.03 bits per heavy atom. The number of amides is 1. The monoisotopic (exact) mass is 510 g/mol. The highest BCUT2D eigenvalue weighted by Crippen LogP contribution is 2.39. The number of nitrogens with one attached hydrogen (secondary N) is 1. The molecule has 0 aliphatic heterocycles. The minimum atomic E-state index is -5.17. The third-order valence-electron chi connectivity index (χ3n) is 4.03. The van der Waals surface area contributed by atoms with E-state index in [2.05, 4.69) is 10.1 Å². The average Bonchev–Trinajstić information content (AvgIpc) is 2.68. The molecule has 1 heterocycles. The van der Waals surface area contributed by atoms with Gasteiger partial charge in [0.15, 0.2) is 12.0 Å². The van der Waals surface area contributed by atoms with Crippen LogP contribution in [-0.2, 0) is 6.18 Å². The topological polar surface area (TPSA) is 74.5 Å². The predicted octanol–water partition coefficient (Wildman–Crippen LogP) is 6.07. The van der Waals surface area contributed by atoms with Gasteiger partial charge in [0.25, 0.3) is 5.91 Å². The largest absolute Gasteiger partial charge is 0.619 e. The molecular formula is C20H10ClF7N2O4. The van der Waals surface area contributed by atoms with E-state index in [4.69, 9.17) is 16.3 Å². The third-order valence-corrected chi connectivity index (χ3v) is 4.32. The maximum Gasteiger partial charge on any atom is 0.573 e. The van der Waals surface area contributed by atoms with Crippen molar-refractivity contribution in [3.05, 3.63) is 82.0 Å². The lowest BCUT2D eigenvalue weighted by atomic mass is 10.1. The Morgan fingerprint density at radius 2 is 1.71 bits per heavy atom. The predicted molar refractivity (Wildman–Crippen MR) is 103 cm³/mol. The number of halogens is 8. The molecule has 0 aliphatic rings. The van der Waals surface area contributed by atoms with Gasteiger partial charge in [-0.1, -0.05) is 11.6 Å². The summed E-state index contributed by atoms with van der Waals surface area (Å²) in [6, 6.07) is 5.73. The van der Waals surface area contributed by atoms with Crippen LogP contribution < -0.4 is 19.5 Å². The van der Waals surface area contributed by atoms with Gasteiger partial charge in [0.2, 0.25) is 6.20 Å². The van der Waals surface area contributed by atoms with E-state index in [-0.39, 0.29) is 10.4 Å². The number of pyridine rings is 1. The molecule has 3 rings (SSSR count). The summed E-state index contributed by atoms with van der Waals surface area (Å²) >= 11 is 5.85. The number of hydrogen-bond donors (Lipinski definition) is 1. The molecule has 0 saturated heterocycles. The molecule has 0 spiro atoms. The zero-order valence-corrected chi connectivity index (χ0v) is 17.1. The summed E-state index contributed by atoms with van der Waals surface area (Å²) in [5.74, 6) is -5.27. The van der Waals surface area contributed by atoms with E-state index >= 15 is 0 Å². The molecule has 0 radical (unpaired) electrons. The van der Waals surface area contributed by atoms with Crippen LogP contribution in [0.1, 0.15) is 15.9 Å². The van der Waals surface area contributed by atoms with Crippen LogP contribution in [-0.4, -0.2) is 12.3 Å². The minimum Gasteiger partial charge on any atom is -0.619 e. The van der Waals surface area contributed by atoms with Crippen molar-refractivity contribution in [2.24, 2.45) is 0 Å². The molecule has 0 aliphatic carbocycles. The number of nitrogens with zero attached hydrogens (tertiary/aromatic N) is 1. The summed E-state index contributed by atoms with van der Waals surface area (Å²) in [5.41, 5.74) is -3.14. The fourth-order valence-electron chi connectivity index (χ4n) is 2.68. The van der Waals surface area contributed by atoms with E-state index in [1.54, 1.807) is 0 Å². The molecule has 180 valence electrons. The van der Waals surface area contributed by atoms with Crippen LogP contribution in [0, 0.1) is 11.0 Å². The summed E-state index contributed by atoms with van der Waals surface area (Å²) in [6.45, 7) is 0. The SMILES string of the molecule is O=C(Nc1ccc[n+]([O-])c1)c1c(Oc2ccc(OC(F)(F)F)cc2Cl)ccc(C(F)(F)F)c1F. The van der Waals surface area contributed by atoms with Crippen molar-refractivity contribution in [2.45, 2.75) is 12.5 Å². The van der Waals surface area contributed by atoms with Crippen molar-refractivity contribution in [3.63, 3.8) is 0 Å². The van der Waals surface area contributed by atoms with Crippen molar-refractivity contribution >= 4 is 23.2 Å². The fraction of sp³-hybridized carbons (Fsp3) is 0.100. The summed E-state index contributed by atoms with van der Waals surface area (Å²) in [7, 11) is 0. The lowest BCUT2D eigenvalue weighted by molar-refractivity contribution is -0.604. The van der Waals surface area contributed by atoms with Gasteiger partial charge < -0.3 is 20.0 Å². The molecule has 1 amide bonds. The molecular weight excluding hydrogens is 501 g/mol.